The van der Waals surface area contributed by atoms with Gasteiger partial charge in [-0.1, -0.05) is 30.0 Å². The standard InChI is InChI=1S/C19H21N3O2S/c1-3-22(14-8-6-5-7-9-14)18(23)13-25-19-20-16-11-10-15(24-4-2)12-17(16)21-19/h5-12H,3-4,13H2,1-2H3,(H,20,21). The maximum Gasteiger partial charge on any atom is 0.237 e. The second-order valence-corrected chi connectivity index (χ2v) is 6.38. The Hall–Kier alpha value is -2.47. The van der Waals surface area contributed by atoms with Gasteiger partial charge in [0.25, 0.3) is 0 Å². The van der Waals surface area contributed by atoms with Gasteiger partial charge in [0.15, 0.2) is 5.16 Å². The second kappa shape index (κ2) is 8.07. The van der Waals surface area contributed by atoms with E-state index >= 15 is 0 Å². The molecule has 1 amide bonds. The molecule has 3 aromatic rings. The normalized spacial score (nSPS) is 10.8. The van der Waals surface area contributed by atoms with Crippen molar-refractivity contribution >= 4 is 34.4 Å². The van der Waals surface area contributed by atoms with Gasteiger partial charge in [-0.05, 0) is 38.1 Å². The van der Waals surface area contributed by atoms with Crippen molar-refractivity contribution in [2.75, 3.05) is 23.8 Å². The minimum atomic E-state index is 0.0640. The molecule has 0 bridgehead atoms. The minimum absolute atomic E-state index is 0.0640. The molecule has 0 fully saturated rings. The number of anilines is 1. The SMILES string of the molecule is CCOc1ccc2nc(SCC(=O)N(CC)c3ccccc3)[nH]c2c1. The van der Waals surface area contributed by atoms with Gasteiger partial charge in [-0.15, -0.1) is 0 Å². The Bertz CT molecular complexity index is 848. The number of nitrogens with one attached hydrogen (secondary N) is 1. The summed E-state index contributed by atoms with van der Waals surface area (Å²) < 4.78 is 5.50. The molecule has 0 atom stereocenters. The lowest BCUT2D eigenvalue weighted by molar-refractivity contribution is -0.116. The lowest BCUT2D eigenvalue weighted by Gasteiger charge is -2.20. The summed E-state index contributed by atoms with van der Waals surface area (Å²) in [5, 5.41) is 0.737. The number of ether oxygens (including phenoxy) is 1. The van der Waals surface area contributed by atoms with E-state index in [-0.39, 0.29) is 5.91 Å². The number of para-hydroxylation sites is 1. The van der Waals surface area contributed by atoms with Crippen LogP contribution >= 0.6 is 11.8 Å². The number of hydrogen-bond acceptors (Lipinski definition) is 4. The van der Waals surface area contributed by atoms with Crippen LogP contribution in [0.15, 0.2) is 53.7 Å². The molecular formula is C19H21N3O2S. The fourth-order valence-corrected chi connectivity index (χ4v) is 3.37. The zero-order valence-corrected chi connectivity index (χ0v) is 15.2. The maximum atomic E-state index is 12.5. The van der Waals surface area contributed by atoms with Crippen molar-refractivity contribution in [3.8, 4) is 5.75 Å². The van der Waals surface area contributed by atoms with Crippen LogP contribution < -0.4 is 9.64 Å². The zero-order chi connectivity index (χ0) is 17.6. The van der Waals surface area contributed by atoms with Gasteiger partial charge in [0.2, 0.25) is 5.91 Å². The van der Waals surface area contributed by atoms with E-state index < -0.39 is 0 Å². The largest absolute Gasteiger partial charge is 0.494 e. The number of hydrogen-bond donors (Lipinski definition) is 1. The van der Waals surface area contributed by atoms with Gasteiger partial charge in [-0.25, -0.2) is 4.98 Å². The van der Waals surface area contributed by atoms with Gasteiger partial charge >= 0.3 is 0 Å². The predicted molar refractivity (Wildman–Crippen MR) is 102 cm³/mol. The molecule has 0 aliphatic heterocycles. The summed E-state index contributed by atoms with van der Waals surface area (Å²) in [6, 6.07) is 15.5. The summed E-state index contributed by atoms with van der Waals surface area (Å²) in [7, 11) is 0. The van der Waals surface area contributed by atoms with Gasteiger partial charge in [-0.3, -0.25) is 4.79 Å². The Morgan fingerprint density at radius 2 is 2.00 bits per heavy atom. The molecule has 25 heavy (non-hydrogen) atoms. The molecule has 1 N–H and O–H groups in total. The first-order valence-electron chi connectivity index (χ1n) is 8.32. The second-order valence-electron chi connectivity index (χ2n) is 5.42. The summed E-state index contributed by atoms with van der Waals surface area (Å²) in [5.41, 5.74) is 2.70. The third-order valence-electron chi connectivity index (χ3n) is 3.76. The van der Waals surface area contributed by atoms with Crippen LogP contribution in [0.2, 0.25) is 0 Å². The van der Waals surface area contributed by atoms with E-state index in [1.165, 1.54) is 11.8 Å². The van der Waals surface area contributed by atoms with E-state index in [0.29, 0.717) is 18.9 Å². The smallest absolute Gasteiger partial charge is 0.237 e. The molecule has 3 rings (SSSR count). The van der Waals surface area contributed by atoms with Gasteiger partial charge in [-0.2, -0.15) is 0 Å². The molecule has 0 radical (unpaired) electrons. The molecule has 0 unspecified atom stereocenters. The van der Waals surface area contributed by atoms with Crippen molar-refractivity contribution in [2.45, 2.75) is 19.0 Å². The molecule has 0 spiro atoms. The summed E-state index contributed by atoms with van der Waals surface area (Å²) in [4.78, 5) is 22.1. The van der Waals surface area contributed by atoms with E-state index in [9.17, 15) is 4.79 Å². The predicted octanol–water partition coefficient (Wildman–Crippen LogP) is 4.11. The van der Waals surface area contributed by atoms with Crippen LogP contribution in [-0.4, -0.2) is 34.8 Å². The quantitative estimate of drug-likeness (QED) is 0.648. The van der Waals surface area contributed by atoms with E-state index in [0.717, 1.165) is 27.6 Å². The first-order chi connectivity index (χ1) is 12.2. The van der Waals surface area contributed by atoms with Crippen molar-refractivity contribution in [1.29, 1.82) is 0 Å². The Balaban J connectivity index is 1.68. The van der Waals surface area contributed by atoms with Crippen LogP contribution in [0.5, 0.6) is 5.75 Å². The van der Waals surface area contributed by atoms with Gasteiger partial charge < -0.3 is 14.6 Å². The molecule has 6 heteroatoms. The number of H-pyrrole nitrogens is 1. The third kappa shape index (κ3) is 4.14. The van der Waals surface area contributed by atoms with Gasteiger partial charge in [0.05, 0.1) is 23.4 Å². The highest BCUT2D eigenvalue weighted by molar-refractivity contribution is 7.99. The molecule has 5 nitrogen and oxygen atoms in total. The Kier molecular flexibility index (Phi) is 5.60. The fraction of sp³-hybridized carbons (Fsp3) is 0.263. The molecule has 1 heterocycles. The van der Waals surface area contributed by atoms with Crippen molar-refractivity contribution in [2.24, 2.45) is 0 Å². The van der Waals surface area contributed by atoms with Crippen molar-refractivity contribution in [1.82, 2.24) is 9.97 Å². The van der Waals surface area contributed by atoms with E-state index in [1.807, 2.05) is 62.4 Å². The number of benzene rings is 2. The van der Waals surface area contributed by atoms with Gasteiger partial charge in [0.1, 0.15) is 5.75 Å². The number of nitrogens with zero attached hydrogens (tertiary/aromatic N) is 2. The number of carbonyl (C=O) groups excluding carboxylic acids is 1. The molecule has 0 saturated carbocycles. The summed E-state index contributed by atoms with van der Waals surface area (Å²) >= 11 is 1.41. The Labute approximate surface area is 151 Å². The molecule has 1 aromatic heterocycles. The number of imidazole rings is 1. The Morgan fingerprint density at radius 3 is 2.72 bits per heavy atom. The van der Waals surface area contributed by atoms with Crippen molar-refractivity contribution < 1.29 is 9.53 Å². The number of thioether (sulfide) groups is 1. The van der Waals surface area contributed by atoms with E-state index in [1.54, 1.807) is 4.90 Å². The number of aromatic nitrogens is 2. The number of aromatic amines is 1. The number of rotatable bonds is 7. The molecule has 130 valence electrons. The lowest BCUT2D eigenvalue weighted by Crippen LogP contribution is -2.32. The number of amides is 1. The van der Waals surface area contributed by atoms with Crippen LogP contribution in [0.25, 0.3) is 11.0 Å². The van der Waals surface area contributed by atoms with Gasteiger partial charge in [0, 0.05) is 18.3 Å². The molecular weight excluding hydrogens is 334 g/mol. The van der Waals surface area contributed by atoms with Crippen molar-refractivity contribution in [3.05, 3.63) is 48.5 Å². The Morgan fingerprint density at radius 1 is 1.20 bits per heavy atom. The molecule has 0 aliphatic rings. The van der Waals surface area contributed by atoms with E-state index in [4.69, 9.17) is 4.74 Å². The highest BCUT2D eigenvalue weighted by Crippen LogP contribution is 2.24. The van der Waals surface area contributed by atoms with Crippen LogP contribution in [0, 0.1) is 0 Å². The highest BCUT2D eigenvalue weighted by Gasteiger charge is 2.15. The van der Waals surface area contributed by atoms with Crippen LogP contribution in [0.1, 0.15) is 13.8 Å². The van der Waals surface area contributed by atoms with E-state index in [2.05, 4.69) is 9.97 Å². The molecule has 0 aliphatic carbocycles. The summed E-state index contributed by atoms with van der Waals surface area (Å²) in [5.74, 6) is 1.21. The first kappa shape index (κ1) is 17.4. The third-order valence-corrected chi connectivity index (χ3v) is 4.62. The maximum absolute atomic E-state index is 12.5. The summed E-state index contributed by atoms with van der Waals surface area (Å²) in [6.45, 7) is 5.20. The monoisotopic (exact) mass is 355 g/mol. The topological polar surface area (TPSA) is 58.2 Å². The number of fused-ring (bicyclic) bond motifs is 1. The summed E-state index contributed by atoms with van der Waals surface area (Å²) in [6.07, 6.45) is 0. The van der Waals surface area contributed by atoms with Crippen molar-refractivity contribution in [3.63, 3.8) is 0 Å². The lowest BCUT2D eigenvalue weighted by atomic mass is 10.3. The van der Waals surface area contributed by atoms with Crippen LogP contribution in [0.4, 0.5) is 5.69 Å². The molecule has 0 saturated heterocycles. The fourth-order valence-electron chi connectivity index (χ4n) is 2.61. The zero-order valence-electron chi connectivity index (χ0n) is 14.4. The molecule has 2 aromatic carbocycles. The average Bonchev–Trinajstić information content (AvgIpc) is 3.04. The minimum Gasteiger partial charge on any atom is -0.494 e. The average molecular weight is 355 g/mol. The first-order valence-corrected chi connectivity index (χ1v) is 9.30. The van der Waals surface area contributed by atoms with Crippen LogP contribution in [0.3, 0.4) is 0 Å². The van der Waals surface area contributed by atoms with Crippen LogP contribution in [-0.2, 0) is 4.79 Å². The number of carbonyl (C=O) groups is 1. The highest BCUT2D eigenvalue weighted by atomic mass is 32.2.